The normalized spacial score (nSPS) is 26.7. The zero-order chi connectivity index (χ0) is 16.5. The van der Waals surface area contributed by atoms with Crippen molar-refractivity contribution in [3.63, 3.8) is 0 Å². The van der Waals surface area contributed by atoms with Gasteiger partial charge in [0, 0.05) is 19.3 Å². The number of benzene rings is 1. The van der Waals surface area contributed by atoms with Gasteiger partial charge >= 0.3 is 0 Å². The monoisotopic (exact) mass is 356 g/mol. The maximum absolute atomic E-state index is 11.6. The Balaban J connectivity index is 1.57. The minimum Gasteiger partial charge on any atom is -0.494 e. The molecular formula is C17H23ClNO3S. The van der Waals surface area contributed by atoms with E-state index in [9.17, 15) is 8.42 Å². The minimum atomic E-state index is -3.20. The van der Waals surface area contributed by atoms with Crippen LogP contribution in [0.25, 0.3) is 0 Å². The van der Waals surface area contributed by atoms with Crippen molar-refractivity contribution in [2.45, 2.75) is 36.0 Å². The van der Waals surface area contributed by atoms with Crippen molar-refractivity contribution >= 4 is 21.4 Å². The molecule has 1 heterocycles. The lowest BCUT2D eigenvalue weighted by molar-refractivity contribution is 0.187. The summed E-state index contributed by atoms with van der Waals surface area (Å²) in [5, 5.41) is 4.54. The second-order valence-corrected chi connectivity index (χ2v) is 9.33. The van der Waals surface area contributed by atoms with Crippen LogP contribution in [0.3, 0.4) is 0 Å². The van der Waals surface area contributed by atoms with E-state index in [-0.39, 0.29) is 5.38 Å². The largest absolute Gasteiger partial charge is 0.494 e. The molecule has 2 atom stereocenters. The molecule has 1 aromatic rings. The van der Waals surface area contributed by atoms with Crippen LogP contribution in [0.2, 0.25) is 0 Å². The molecule has 4 nitrogen and oxygen atoms in total. The maximum atomic E-state index is 11.6. The molecule has 0 amide bonds. The van der Waals surface area contributed by atoms with Gasteiger partial charge in [-0.2, -0.15) is 0 Å². The Bertz CT molecular complexity index is 658. The molecule has 1 aromatic carbocycles. The number of alkyl halides is 1. The highest BCUT2D eigenvalue weighted by molar-refractivity contribution is 7.90. The number of ether oxygens (including phenoxy) is 1. The Labute approximate surface area is 143 Å². The lowest BCUT2D eigenvalue weighted by Crippen LogP contribution is -2.38. The van der Waals surface area contributed by atoms with Crippen molar-refractivity contribution in [1.82, 2.24) is 5.32 Å². The summed E-state index contributed by atoms with van der Waals surface area (Å²) in [4.78, 5) is 0.297. The second-order valence-electron chi connectivity index (χ2n) is 6.75. The highest BCUT2D eigenvalue weighted by Crippen LogP contribution is 2.58. The number of hydrogen-bond donors (Lipinski definition) is 0. The van der Waals surface area contributed by atoms with Gasteiger partial charge in [0.15, 0.2) is 9.84 Å². The summed E-state index contributed by atoms with van der Waals surface area (Å²) in [6.45, 7) is 2.29. The molecule has 23 heavy (non-hydrogen) atoms. The van der Waals surface area contributed by atoms with Gasteiger partial charge in [-0.25, -0.2) is 13.7 Å². The van der Waals surface area contributed by atoms with E-state index in [1.165, 1.54) is 19.1 Å². The molecule has 2 fully saturated rings. The first kappa shape index (κ1) is 17.1. The van der Waals surface area contributed by atoms with Crippen molar-refractivity contribution in [1.29, 1.82) is 0 Å². The third-order valence-corrected chi connectivity index (χ3v) is 6.67. The fourth-order valence-electron chi connectivity index (χ4n) is 3.58. The summed E-state index contributed by atoms with van der Waals surface area (Å²) in [6.07, 6.45) is 5.70. The molecule has 1 saturated heterocycles. The summed E-state index contributed by atoms with van der Waals surface area (Å²) in [7, 11) is -3.20. The van der Waals surface area contributed by atoms with Gasteiger partial charge in [0.2, 0.25) is 0 Å². The lowest BCUT2D eigenvalue weighted by Gasteiger charge is -2.34. The molecule has 0 spiro atoms. The Morgan fingerprint density at radius 3 is 2.83 bits per heavy atom. The van der Waals surface area contributed by atoms with E-state index in [0.29, 0.717) is 28.6 Å². The van der Waals surface area contributed by atoms with E-state index in [4.69, 9.17) is 16.3 Å². The first-order valence-electron chi connectivity index (χ1n) is 8.11. The molecule has 0 aromatic heterocycles. The zero-order valence-electron chi connectivity index (χ0n) is 13.4. The molecule has 1 radical (unpaired) electrons. The van der Waals surface area contributed by atoms with Crippen LogP contribution < -0.4 is 10.1 Å². The van der Waals surface area contributed by atoms with E-state index >= 15 is 0 Å². The smallest absolute Gasteiger partial charge is 0.175 e. The number of rotatable bonds is 6. The molecular weight excluding hydrogens is 334 g/mol. The average Bonchev–Trinajstić information content (AvgIpc) is 3.28. The van der Waals surface area contributed by atoms with Crippen LogP contribution in [0.5, 0.6) is 5.75 Å². The Morgan fingerprint density at radius 1 is 1.39 bits per heavy atom. The van der Waals surface area contributed by atoms with E-state index in [1.54, 1.807) is 24.3 Å². The Hall–Kier alpha value is -0.780. The standard InChI is InChI=1S/C17H23ClNO3S/c1-23(20,21)14-4-2-3-13(11-14)22-10-8-17(6-7-17)15-5-9-19-12-16(15)18/h2-4,11,15-16H,5-10,12H2,1H3. The molecule has 0 N–H and O–H groups in total. The molecule has 0 bridgehead atoms. The zero-order valence-corrected chi connectivity index (χ0v) is 14.9. The van der Waals surface area contributed by atoms with E-state index in [2.05, 4.69) is 5.32 Å². The highest BCUT2D eigenvalue weighted by atomic mass is 35.5. The number of halogens is 1. The van der Waals surface area contributed by atoms with Crippen molar-refractivity contribution in [2.24, 2.45) is 11.3 Å². The second kappa shape index (κ2) is 6.61. The Morgan fingerprint density at radius 2 is 2.17 bits per heavy atom. The van der Waals surface area contributed by atoms with Crippen LogP contribution in [0.15, 0.2) is 29.2 Å². The molecule has 2 unspecified atom stereocenters. The van der Waals surface area contributed by atoms with Gasteiger partial charge < -0.3 is 4.74 Å². The van der Waals surface area contributed by atoms with Crippen LogP contribution in [-0.4, -0.2) is 39.7 Å². The minimum absolute atomic E-state index is 0.153. The summed E-state index contributed by atoms with van der Waals surface area (Å²) in [5.74, 6) is 1.15. The van der Waals surface area contributed by atoms with Gasteiger partial charge in [-0.05, 0) is 55.2 Å². The summed E-state index contributed by atoms with van der Waals surface area (Å²) in [5.41, 5.74) is 0.316. The number of hydrogen-bond acceptors (Lipinski definition) is 3. The van der Waals surface area contributed by atoms with Gasteiger partial charge in [-0.3, -0.25) is 0 Å². The average molecular weight is 357 g/mol. The molecule has 3 rings (SSSR count). The van der Waals surface area contributed by atoms with Crippen LogP contribution in [-0.2, 0) is 9.84 Å². The van der Waals surface area contributed by atoms with Crippen molar-refractivity contribution < 1.29 is 13.2 Å². The molecule has 2 aliphatic rings. The van der Waals surface area contributed by atoms with E-state index < -0.39 is 9.84 Å². The third kappa shape index (κ3) is 4.01. The quantitative estimate of drug-likeness (QED) is 0.736. The van der Waals surface area contributed by atoms with E-state index in [1.807, 2.05) is 0 Å². The fraction of sp³-hybridized carbons (Fsp3) is 0.647. The van der Waals surface area contributed by atoms with Crippen LogP contribution in [0.4, 0.5) is 0 Å². The SMILES string of the molecule is CS(=O)(=O)c1cccc(OCCC2(C3CC[N]CC3Cl)CC2)c1. The first-order valence-corrected chi connectivity index (χ1v) is 10.4. The molecule has 6 heteroatoms. The first-order chi connectivity index (χ1) is 10.9. The van der Waals surface area contributed by atoms with Crippen LogP contribution in [0, 0.1) is 11.3 Å². The van der Waals surface area contributed by atoms with Gasteiger partial charge in [0.05, 0.1) is 16.9 Å². The van der Waals surface area contributed by atoms with Crippen LogP contribution >= 0.6 is 11.6 Å². The number of piperidine rings is 1. The van der Waals surface area contributed by atoms with Crippen molar-refractivity contribution in [3.8, 4) is 5.75 Å². The summed E-state index contributed by atoms with van der Waals surface area (Å²) in [6, 6.07) is 6.71. The molecule has 1 aliphatic carbocycles. The summed E-state index contributed by atoms with van der Waals surface area (Å²) < 4.78 is 29.0. The third-order valence-electron chi connectivity index (χ3n) is 5.12. The predicted octanol–water partition coefficient (Wildman–Crippen LogP) is 2.87. The Kier molecular flexibility index (Phi) is 4.90. The highest BCUT2D eigenvalue weighted by Gasteiger charge is 2.51. The van der Waals surface area contributed by atoms with Gasteiger partial charge in [0.1, 0.15) is 5.75 Å². The number of nitrogens with zero attached hydrogens (tertiary/aromatic N) is 1. The maximum Gasteiger partial charge on any atom is 0.175 e. The van der Waals surface area contributed by atoms with Crippen LogP contribution in [0.1, 0.15) is 25.7 Å². The van der Waals surface area contributed by atoms with Crippen molar-refractivity contribution in [3.05, 3.63) is 24.3 Å². The fourth-order valence-corrected chi connectivity index (χ4v) is 4.72. The number of sulfone groups is 1. The molecule has 1 aliphatic heterocycles. The lowest BCUT2D eigenvalue weighted by atomic mass is 9.80. The van der Waals surface area contributed by atoms with E-state index in [0.717, 1.165) is 25.9 Å². The van der Waals surface area contributed by atoms with Crippen molar-refractivity contribution in [2.75, 3.05) is 26.0 Å². The topological polar surface area (TPSA) is 57.5 Å². The molecule has 127 valence electrons. The van der Waals surface area contributed by atoms with Gasteiger partial charge in [-0.1, -0.05) is 6.07 Å². The summed E-state index contributed by atoms with van der Waals surface area (Å²) >= 11 is 6.47. The predicted molar refractivity (Wildman–Crippen MR) is 90.9 cm³/mol. The van der Waals surface area contributed by atoms with Gasteiger partial charge in [0.25, 0.3) is 0 Å². The van der Waals surface area contributed by atoms with Gasteiger partial charge in [-0.15, -0.1) is 11.6 Å². The molecule has 1 saturated carbocycles.